The molecule has 0 saturated heterocycles. The van der Waals surface area contributed by atoms with E-state index in [4.69, 9.17) is 4.74 Å². The average molecular weight is 394 g/mol. The highest BCUT2D eigenvalue weighted by Crippen LogP contribution is 2.22. The van der Waals surface area contributed by atoms with E-state index in [0.29, 0.717) is 18.7 Å². The van der Waals surface area contributed by atoms with Crippen molar-refractivity contribution in [3.63, 3.8) is 0 Å². The molecular weight excluding hydrogens is 368 g/mol. The van der Waals surface area contributed by atoms with Gasteiger partial charge >= 0.3 is 6.03 Å². The van der Waals surface area contributed by atoms with Gasteiger partial charge in [-0.2, -0.15) is 0 Å². The van der Waals surface area contributed by atoms with Crippen molar-refractivity contribution in [3.05, 3.63) is 59.9 Å². The summed E-state index contributed by atoms with van der Waals surface area (Å²) in [5.41, 5.74) is 2.86. The van der Waals surface area contributed by atoms with E-state index in [1.165, 1.54) is 0 Å². The highest BCUT2D eigenvalue weighted by atomic mass is 16.5. The minimum Gasteiger partial charge on any atom is -0.497 e. The number of hydrogen-bond donors (Lipinski definition) is 4. The number of aromatic nitrogens is 2. The van der Waals surface area contributed by atoms with E-state index in [1.54, 1.807) is 7.11 Å². The van der Waals surface area contributed by atoms with Gasteiger partial charge < -0.3 is 25.5 Å². The number of para-hydroxylation sites is 2. The summed E-state index contributed by atoms with van der Waals surface area (Å²) >= 11 is 0. The second kappa shape index (κ2) is 8.53. The van der Waals surface area contributed by atoms with Crippen LogP contribution in [0.15, 0.2) is 48.5 Å². The van der Waals surface area contributed by atoms with Gasteiger partial charge in [0.1, 0.15) is 11.6 Å². The van der Waals surface area contributed by atoms with Gasteiger partial charge in [0.2, 0.25) is 0 Å². The molecule has 1 fully saturated rings. The maximum Gasteiger partial charge on any atom is 0.315 e. The van der Waals surface area contributed by atoms with Crippen LogP contribution in [-0.4, -0.2) is 40.4 Å². The standard InChI is InChI=1S/C22H26N4O3/c1-29-17-10-6-14(7-11-17)12-20(21-24-18-4-2-3-5-19(18)25-21)26-22(28)23-15-8-9-16(27)13-15/h2-7,10-11,15-16,20,27H,8-9,12-13H2,1H3,(H,24,25)(H2,23,26,28)/t15-,16+,20-/m1/s1. The third-order valence-electron chi connectivity index (χ3n) is 5.38. The maximum atomic E-state index is 12.6. The van der Waals surface area contributed by atoms with Crippen molar-refractivity contribution in [2.45, 2.75) is 43.9 Å². The number of nitrogens with zero attached hydrogens (tertiary/aromatic N) is 1. The van der Waals surface area contributed by atoms with Crippen molar-refractivity contribution < 1.29 is 14.6 Å². The Morgan fingerprint density at radius 3 is 2.72 bits per heavy atom. The number of rotatable bonds is 6. The highest BCUT2D eigenvalue weighted by molar-refractivity contribution is 5.76. The molecule has 0 spiro atoms. The van der Waals surface area contributed by atoms with Crippen LogP contribution in [0, 0.1) is 0 Å². The summed E-state index contributed by atoms with van der Waals surface area (Å²) in [7, 11) is 1.64. The van der Waals surface area contributed by atoms with Gasteiger partial charge in [0, 0.05) is 6.04 Å². The number of carbonyl (C=O) groups is 1. The van der Waals surface area contributed by atoms with Crippen LogP contribution in [0.4, 0.5) is 4.79 Å². The van der Waals surface area contributed by atoms with Crippen LogP contribution >= 0.6 is 0 Å². The molecule has 29 heavy (non-hydrogen) atoms. The van der Waals surface area contributed by atoms with Crippen LogP contribution in [0.25, 0.3) is 11.0 Å². The first kappa shape index (κ1) is 19.3. The summed E-state index contributed by atoms with van der Waals surface area (Å²) in [4.78, 5) is 20.6. The van der Waals surface area contributed by atoms with E-state index in [0.717, 1.165) is 35.2 Å². The Hall–Kier alpha value is -3.06. The number of urea groups is 1. The Bertz CT molecular complexity index is 937. The van der Waals surface area contributed by atoms with E-state index >= 15 is 0 Å². The van der Waals surface area contributed by atoms with E-state index in [1.807, 2.05) is 48.5 Å². The monoisotopic (exact) mass is 394 g/mol. The molecule has 4 rings (SSSR count). The Morgan fingerprint density at radius 2 is 2.03 bits per heavy atom. The number of methoxy groups -OCH3 is 1. The van der Waals surface area contributed by atoms with E-state index in [-0.39, 0.29) is 24.2 Å². The van der Waals surface area contributed by atoms with Crippen LogP contribution < -0.4 is 15.4 Å². The number of aliphatic hydroxyl groups excluding tert-OH is 1. The topological polar surface area (TPSA) is 99.3 Å². The average Bonchev–Trinajstić information content (AvgIpc) is 3.34. The molecule has 3 atom stereocenters. The van der Waals surface area contributed by atoms with Crippen molar-refractivity contribution in [1.82, 2.24) is 20.6 Å². The fourth-order valence-corrected chi connectivity index (χ4v) is 3.83. The van der Waals surface area contributed by atoms with Crippen molar-refractivity contribution in [1.29, 1.82) is 0 Å². The van der Waals surface area contributed by atoms with Crippen molar-refractivity contribution in [2.75, 3.05) is 7.11 Å². The minimum atomic E-state index is -0.328. The number of hydrogen-bond acceptors (Lipinski definition) is 4. The number of H-pyrrole nitrogens is 1. The van der Waals surface area contributed by atoms with Crippen LogP contribution in [0.2, 0.25) is 0 Å². The summed E-state index contributed by atoms with van der Waals surface area (Å²) in [6.45, 7) is 0. The van der Waals surface area contributed by atoms with E-state index in [9.17, 15) is 9.90 Å². The molecule has 1 aliphatic carbocycles. The number of carbonyl (C=O) groups excluding carboxylic acids is 1. The lowest BCUT2D eigenvalue weighted by atomic mass is 10.1. The fraction of sp³-hybridized carbons (Fsp3) is 0.364. The molecule has 0 bridgehead atoms. The molecule has 0 unspecified atom stereocenters. The number of aromatic amines is 1. The molecule has 3 aromatic rings. The second-order valence-corrected chi connectivity index (χ2v) is 7.53. The van der Waals surface area contributed by atoms with E-state index < -0.39 is 0 Å². The largest absolute Gasteiger partial charge is 0.497 e. The molecule has 152 valence electrons. The van der Waals surface area contributed by atoms with Gasteiger partial charge in [-0.05, 0) is 55.5 Å². The highest BCUT2D eigenvalue weighted by Gasteiger charge is 2.26. The van der Waals surface area contributed by atoms with Crippen LogP contribution in [-0.2, 0) is 6.42 Å². The smallest absolute Gasteiger partial charge is 0.315 e. The first-order valence-corrected chi connectivity index (χ1v) is 9.93. The minimum absolute atomic E-state index is 0.00214. The number of nitrogens with one attached hydrogen (secondary N) is 3. The number of benzene rings is 2. The first-order valence-electron chi connectivity index (χ1n) is 9.93. The lowest BCUT2D eigenvalue weighted by Gasteiger charge is -2.20. The molecule has 7 nitrogen and oxygen atoms in total. The predicted octanol–water partition coefficient (Wildman–Crippen LogP) is 3.07. The molecule has 1 aliphatic rings. The first-order chi connectivity index (χ1) is 14.1. The van der Waals surface area contributed by atoms with Gasteiger partial charge in [-0.3, -0.25) is 0 Å². The normalized spacial score (nSPS) is 19.8. The molecular formula is C22H26N4O3. The number of fused-ring (bicyclic) bond motifs is 1. The Labute approximate surface area is 169 Å². The van der Waals surface area contributed by atoms with Gasteiger partial charge in [-0.25, -0.2) is 9.78 Å². The molecule has 1 aromatic heterocycles. The summed E-state index contributed by atoms with van der Waals surface area (Å²) in [6.07, 6.45) is 2.38. The quantitative estimate of drug-likeness (QED) is 0.516. The SMILES string of the molecule is COc1ccc(C[C@@H](NC(=O)N[C@@H]2CC[C@H](O)C2)c2nc3ccccc3[nH]2)cc1. The molecule has 0 radical (unpaired) electrons. The van der Waals surface area contributed by atoms with Gasteiger partial charge in [-0.15, -0.1) is 0 Å². The Kier molecular flexibility index (Phi) is 5.67. The van der Waals surface area contributed by atoms with Gasteiger partial charge in [-0.1, -0.05) is 24.3 Å². The van der Waals surface area contributed by atoms with Gasteiger partial charge in [0.25, 0.3) is 0 Å². The summed E-state index contributed by atoms with van der Waals surface area (Å²) in [5, 5.41) is 15.7. The van der Waals surface area contributed by atoms with Crippen LogP contribution in [0.3, 0.4) is 0 Å². The third kappa shape index (κ3) is 4.68. The van der Waals surface area contributed by atoms with Crippen LogP contribution in [0.1, 0.15) is 36.7 Å². The van der Waals surface area contributed by atoms with Crippen molar-refractivity contribution >= 4 is 17.1 Å². The number of imidazole rings is 1. The predicted molar refractivity (Wildman–Crippen MR) is 111 cm³/mol. The molecule has 4 N–H and O–H groups in total. The maximum absolute atomic E-state index is 12.6. The molecule has 1 saturated carbocycles. The summed E-state index contributed by atoms with van der Waals surface area (Å²) in [6, 6.07) is 15.0. The molecule has 1 heterocycles. The van der Waals surface area contributed by atoms with E-state index in [2.05, 4.69) is 20.6 Å². The zero-order valence-electron chi connectivity index (χ0n) is 16.4. The van der Waals surface area contributed by atoms with Crippen molar-refractivity contribution in [3.8, 4) is 5.75 Å². The summed E-state index contributed by atoms with van der Waals surface area (Å²) in [5.74, 6) is 1.50. The Morgan fingerprint density at radius 1 is 1.24 bits per heavy atom. The second-order valence-electron chi connectivity index (χ2n) is 7.53. The molecule has 2 amide bonds. The zero-order chi connectivity index (χ0) is 20.2. The fourth-order valence-electron chi connectivity index (χ4n) is 3.83. The number of aliphatic hydroxyl groups is 1. The van der Waals surface area contributed by atoms with Crippen molar-refractivity contribution in [2.24, 2.45) is 0 Å². The molecule has 2 aromatic carbocycles. The lowest BCUT2D eigenvalue weighted by Crippen LogP contribution is -2.43. The molecule has 0 aliphatic heterocycles. The van der Waals surface area contributed by atoms with Gasteiger partial charge in [0.15, 0.2) is 0 Å². The Balaban J connectivity index is 1.53. The zero-order valence-corrected chi connectivity index (χ0v) is 16.4. The lowest BCUT2D eigenvalue weighted by molar-refractivity contribution is 0.179. The number of amides is 2. The number of ether oxygens (including phenoxy) is 1. The molecule has 7 heteroatoms. The van der Waals surface area contributed by atoms with Gasteiger partial charge in [0.05, 0.1) is 30.3 Å². The van der Waals surface area contributed by atoms with Crippen LogP contribution in [0.5, 0.6) is 5.75 Å². The third-order valence-corrected chi connectivity index (χ3v) is 5.38. The summed E-state index contributed by atoms with van der Waals surface area (Å²) < 4.78 is 5.23.